The molecular formula is C19H22N2O. The van der Waals surface area contributed by atoms with Gasteiger partial charge in [0.15, 0.2) is 0 Å². The van der Waals surface area contributed by atoms with Crippen LogP contribution < -0.4 is 10.6 Å². The van der Waals surface area contributed by atoms with Gasteiger partial charge in [-0.15, -0.1) is 0 Å². The van der Waals surface area contributed by atoms with Gasteiger partial charge in [0, 0.05) is 6.54 Å². The minimum absolute atomic E-state index is 0.0930. The molecule has 1 aliphatic rings. The first-order valence-electron chi connectivity index (χ1n) is 7.96. The molecule has 2 aromatic rings. The van der Waals surface area contributed by atoms with Crippen LogP contribution in [0.1, 0.15) is 36.4 Å². The number of hydrogen-bond donors (Lipinski definition) is 2. The average Bonchev–Trinajstić information content (AvgIpc) is 2.52. The minimum Gasteiger partial charge on any atom is -0.334 e. The van der Waals surface area contributed by atoms with Crippen molar-refractivity contribution in [3.8, 4) is 0 Å². The lowest BCUT2D eigenvalue weighted by molar-refractivity contribution is 0.207. The summed E-state index contributed by atoms with van der Waals surface area (Å²) in [6, 6.07) is 20.3. The molecule has 1 unspecified atom stereocenters. The van der Waals surface area contributed by atoms with Crippen molar-refractivity contribution in [1.82, 2.24) is 10.6 Å². The Morgan fingerprint density at radius 3 is 2.23 bits per heavy atom. The smallest absolute Gasteiger partial charge is 0.315 e. The quantitative estimate of drug-likeness (QED) is 0.859. The van der Waals surface area contributed by atoms with Crippen LogP contribution in [0.15, 0.2) is 60.7 Å². The van der Waals surface area contributed by atoms with Gasteiger partial charge in [-0.1, -0.05) is 67.1 Å². The maximum atomic E-state index is 12.2. The van der Waals surface area contributed by atoms with Crippen LogP contribution in [0, 0.1) is 5.92 Å². The van der Waals surface area contributed by atoms with E-state index in [1.807, 2.05) is 48.5 Å². The third-order valence-electron chi connectivity index (χ3n) is 4.36. The fourth-order valence-electron chi connectivity index (χ4n) is 2.88. The molecule has 0 aromatic heterocycles. The van der Waals surface area contributed by atoms with Crippen molar-refractivity contribution in [2.45, 2.75) is 31.8 Å². The van der Waals surface area contributed by atoms with Crippen molar-refractivity contribution < 1.29 is 4.79 Å². The lowest BCUT2D eigenvalue weighted by Crippen LogP contribution is -2.41. The van der Waals surface area contributed by atoms with Gasteiger partial charge in [-0.2, -0.15) is 0 Å². The second-order valence-corrected chi connectivity index (χ2v) is 5.89. The summed E-state index contributed by atoms with van der Waals surface area (Å²) in [5, 5.41) is 6.11. The molecule has 2 amide bonds. The Morgan fingerprint density at radius 1 is 1.00 bits per heavy atom. The maximum Gasteiger partial charge on any atom is 0.315 e. The van der Waals surface area contributed by atoms with Crippen molar-refractivity contribution in [2.24, 2.45) is 5.92 Å². The highest BCUT2D eigenvalue weighted by Gasteiger charge is 2.29. The monoisotopic (exact) mass is 294 g/mol. The molecule has 1 atom stereocenters. The number of benzene rings is 2. The Hall–Kier alpha value is -2.29. The van der Waals surface area contributed by atoms with Crippen LogP contribution in [0.2, 0.25) is 0 Å². The molecule has 22 heavy (non-hydrogen) atoms. The van der Waals surface area contributed by atoms with Crippen LogP contribution in [0.4, 0.5) is 4.79 Å². The van der Waals surface area contributed by atoms with Gasteiger partial charge in [0.2, 0.25) is 0 Å². The Kier molecular flexibility index (Phi) is 4.74. The molecule has 2 aromatic carbocycles. The predicted molar refractivity (Wildman–Crippen MR) is 88.3 cm³/mol. The Balaban J connectivity index is 1.59. The molecule has 0 aliphatic heterocycles. The van der Waals surface area contributed by atoms with Gasteiger partial charge in [-0.05, 0) is 29.9 Å². The summed E-state index contributed by atoms with van der Waals surface area (Å²) in [5.41, 5.74) is 2.31. The van der Waals surface area contributed by atoms with E-state index in [-0.39, 0.29) is 12.1 Å². The third-order valence-corrected chi connectivity index (χ3v) is 4.36. The zero-order valence-corrected chi connectivity index (χ0v) is 12.7. The Bertz CT molecular complexity index is 593. The van der Waals surface area contributed by atoms with Crippen LogP contribution in [0.3, 0.4) is 0 Å². The number of hydrogen-bond acceptors (Lipinski definition) is 1. The highest BCUT2D eigenvalue weighted by molar-refractivity contribution is 5.74. The number of rotatable bonds is 5. The number of carbonyl (C=O) groups excluding carboxylic acids is 1. The second kappa shape index (κ2) is 7.12. The fraction of sp³-hybridized carbons (Fsp3) is 0.316. The molecule has 3 nitrogen and oxygen atoms in total. The summed E-state index contributed by atoms with van der Waals surface area (Å²) in [6.07, 6.45) is 3.65. The minimum atomic E-state index is -0.0930. The highest BCUT2D eigenvalue weighted by Crippen LogP contribution is 2.37. The molecule has 0 saturated heterocycles. The molecule has 114 valence electrons. The summed E-state index contributed by atoms with van der Waals surface area (Å²) in [7, 11) is 0. The zero-order chi connectivity index (χ0) is 15.2. The standard InChI is InChI=1S/C19H22N2O/c22-19(20-14-15-8-3-1-4-9-15)21-18(17-12-7-13-17)16-10-5-2-6-11-16/h1-6,8-11,17-18H,7,12-14H2,(H2,20,21,22). The summed E-state index contributed by atoms with van der Waals surface area (Å²) in [5.74, 6) is 0.560. The average molecular weight is 294 g/mol. The first-order chi connectivity index (χ1) is 10.8. The van der Waals surface area contributed by atoms with E-state index < -0.39 is 0 Å². The van der Waals surface area contributed by atoms with Gasteiger partial charge >= 0.3 is 6.03 Å². The summed E-state index contributed by atoms with van der Waals surface area (Å²) in [6.45, 7) is 0.554. The van der Waals surface area contributed by atoms with Crippen molar-refractivity contribution in [3.63, 3.8) is 0 Å². The lowest BCUT2D eigenvalue weighted by Gasteiger charge is -2.34. The maximum absolute atomic E-state index is 12.2. The van der Waals surface area contributed by atoms with Crippen LogP contribution in [-0.2, 0) is 6.54 Å². The van der Waals surface area contributed by atoms with E-state index in [1.165, 1.54) is 24.8 Å². The largest absolute Gasteiger partial charge is 0.334 e. The van der Waals surface area contributed by atoms with E-state index >= 15 is 0 Å². The van der Waals surface area contributed by atoms with Gasteiger partial charge < -0.3 is 10.6 Å². The molecule has 3 rings (SSSR count). The molecule has 0 spiro atoms. The van der Waals surface area contributed by atoms with E-state index in [2.05, 4.69) is 22.8 Å². The van der Waals surface area contributed by atoms with Gasteiger partial charge in [-0.25, -0.2) is 4.79 Å². The highest BCUT2D eigenvalue weighted by atomic mass is 16.2. The molecule has 3 heteroatoms. The van der Waals surface area contributed by atoms with Crippen molar-refractivity contribution in [3.05, 3.63) is 71.8 Å². The lowest BCUT2D eigenvalue weighted by atomic mass is 9.77. The van der Waals surface area contributed by atoms with Crippen molar-refractivity contribution >= 4 is 6.03 Å². The Morgan fingerprint density at radius 2 is 1.64 bits per heavy atom. The van der Waals surface area contributed by atoms with Gasteiger partial charge in [0.25, 0.3) is 0 Å². The van der Waals surface area contributed by atoms with Crippen LogP contribution in [0.25, 0.3) is 0 Å². The van der Waals surface area contributed by atoms with Crippen molar-refractivity contribution in [2.75, 3.05) is 0 Å². The van der Waals surface area contributed by atoms with Crippen LogP contribution in [0.5, 0.6) is 0 Å². The van der Waals surface area contributed by atoms with E-state index in [1.54, 1.807) is 0 Å². The van der Waals surface area contributed by atoms with Crippen LogP contribution in [-0.4, -0.2) is 6.03 Å². The SMILES string of the molecule is O=C(NCc1ccccc1)NC(c1ccccc1)C1CCC1. The fourth-order valence-corrected chi connectivity index (χ4v) is 2.88. The van der Waals surface area contributed by atoms with E-state index in [0.29, 0.717) is 12.5 Å². The van der Waals surface area contributed by atoms with Gasteiger partial charge in [0.1, 0.15) is 0 Å². The topological polar surface area (TPSA) is 41.1 Å². The molecule has 0 radical (unpaired) electrons. The summed E-state index contributed by atoms with van der Waals surface area (Å²) in [4.78, 5) is 12.2. The van der Waals surface area contributed by atoms with E-state index in [0.717, 1.165) is 5.56 Å². The number of carbonyl (C=O) groups is 1. The second-order valence-electron chi connectivity index (χ2n) is 5.89. The van der Waals surface area contributed by atoms with Gasteiger partial charge in [-0.3, -0.25) is 0 Å². The zero-order valence-electron chi connectivity index (χ0n) is 12.7. The number of amides is 2. The van der Waals surface area contributed by atoms with Crippen LogP contribution >= 0.6 is 0 Å². The molecule has 0 bridgehead atoms. The first-order valence-corrected chi connectivity index (χ1v) is 7.96. The first kappa shape index (κ1) is 14.6. The number of urea groups is 1. The third kappa shape index (κ3) is 3.67. The summed E-state index contributed by atoms with van der Waals surface area (Å²) >= 11 is 0. The van der Waals surface area contributed by atoms with E-state index in [9.17, 15) is 4.79 Å². The van der Waals surface area contributed by atoms with Crippen molar-refractivity contribution in [1.29, 1.82) is 0 Å². The van der Waals surface area contributed by atoms with E-state index in [4.69, 9.17) is 0 Å². The molecule has 1 saturated carbocycles. The normalized spacial score (nSPS) is 15.6. The summed E-state index contributed by atoms with van der Waals surface area (Å²) < 4.78 is 0. The molecule has 0 heterocycles. The number of nitrogens with one attached hydrogen (secondary N) is 2. The van der Waals surface area contributed by atoms with Gasteiger partial charge in [0.05, 0.1) is 6.04 Å². The molecular weight excluding hydrogens is 272 g/mol. The predicted octanol–water partition coefficient (Wildman–Crippen LogP) is 4.03. The molecule has 1 aliphatic carbocycles. The Labute approximate surface area is 131 Å². The molecule has 1 fully saturated rings. The molecule has 2 N–H and O–H groups in total.